The van der Waals surface area contributed by atoms with E-state index in [1.165, 1.54) is 11.0 Å². The van der Waals surface area contributed by atoms with Crippen molar-refractivity contribution >= 4 is 29.5 Å². The van der Waals surface area contributed by atoms with Crippen molar-refractivity contribution in [1.82, 2.24) is 10.2 Å². The molecule has 1 fully saturated rings. The van der Waals surface area contributed by atoms with Crippen molar-refractivity contribution in [3.8, 4) is 0 Å². The molecule has 0 aliphatic carbocycles. The van der Waals surface area contributed by atoms with Gasteiger partial charge in [0.25, 0.3) is 0 Å². The molecule has 0 aromatic heterocycles. The van der Waals surface area contributed by atoms with Gasteiger partial charge in [-0.1, -0.05) is 29.8 Å². The Kier molecular flexibility index (Phi) is 3.99. The van der Waals surface area contributed by atoms with Crippen molar-refractivity contribution in [1.29, 1.82) is 0 Å². The van der Waals surface area contributed by atoms with Gasteiger partial charge in [0.15, 0.2) is 0 Å². The van der Waals surface area contributed by atoms with E-state index in [0.29, 0.717) is 18.1 Å². The number of hydrogen-bond acceptors (Lipinski definition) is 2. The van der Waals surface area contributed by atoms with E-state index in [1.807, 2.05) is 18.2 Å². The number of carbonyl (C=O) groups excluding carboxylic acids is 2. The standard InChI is InChI=1S/C13H13ClN2O2/c14-11-4-2-1-3-10(11)5-6-13(18)16-8-7-15-12(17)9-16/h1-6H,7-9H2,(H,15,17). The topological polar surface area (TPSA) is 49.4 Å². The van der Waals surface area contributed by atoms with Gasteiger partial charge in [0, 0.05) is 24.2 Å². The Morgan fingerprint density at radius 1 is 1.39 bits per heavy atom. The van der Waals surface area contributed by atoms with Gasteiger partial charge in [0.2, 0.25) is 11.8 Å². The Morgan fingerprint density at radius 2 is 2.17 bits per heavy atom. The van der Waals surface area contributed by atoms with Crippen molar-refractivity contribution in [3.05, 3.63) is 40.9 Å². The second kappa shape index (κ2) is 5.69. The molecule has 5 heteroatoms. The summed E-state index contributed by atoms with van der Waals surface area (Å²) in [5, 5.41) is 3.27. The van der Waals surface area contributed by atoms with Crippen LogP contribution in [0.3, 0.4) is 0 Å². The quantitative estimate of drug-likeness (QED) is 0.819. The van der Waals surface area contributed by atoms with Gasteiger partial charge in [-0.05, 0) is 17.7 Å². The molecule has 0 saturated carbocycles. The number of nitrogens with one attached hydrogen (secondary N) is 1. The average molecular weight is 265 g/mol. The maximum absolute atomic E-state index is 11.8. The van der Waals surface area contributed by atoms with E-state index in [-0.39, 0.29) is 18.4 Å². The minimum Gasteiger partial charge on any atom is -0.353 e. The lowest BCUT2D eigenvalue weighted by Crippen LogP contribution is -2.49. The Labute approximate surface area is 110 Å². The summed E-state index contributed by atoms with van der Waals surface area (Å²) in [5.41, 5.74) is 0.786. The summed E-state index contributed by atoms with van der Waals surface area (Å²) in [4.78, 5) is 24.5. The van der Waals surface area contributed by atoms with Gasteiger partial charge in [0.1, 0.15) is 0 Å². The number of benzene rings is 1. The summed E-state index contributed by atoms with van der Waals surface area (Å²) < 4.78 is 0. The van der Waals surface area contributed by atoms with E-state index in [2.05, 4.69) is 5.32 Å². The van der Waals surface area contributed by atoms with Crippen LogP contribution in [0.25, 0.3) is 6.08 Å². The number of carbonyl (C=O) groups is 2. The van der Waals surface area contributed by atoms with E-state index in [0.717, 1.165) is 5.56 Å². The minimum absolute atomic E-state index is 0.117. The Morgan fingerprint density at radius 3 is 2.89 bits per heavy atom. The lowest BCUT2D eigenvalue weighted by molar-refractivity contribution is -0.134. The van der Waals surface area contributed by atoms with Crippen molar-refractivity contribution in [3.63, 3.8) is 0 Å². The fourth-order valence-electron chi connectivity index (χ4n) is 1.70. The van der Waals surface area contributed by atoms with Crippen molar-refractivity contribution in [2.75, 3.05) is 19.6 Å². The van der Waals surface area contributed by atoms with Crippen LogP contribution in [-0.4, -0.2) is 36.3 Å². The summed E-state index contributed by atoms with van der Waals surface area (Å²) >= 11 is 5.98. The summed E-state index contributed by atoms with van der Waals surface area (Å²) in [6.07, 6.45) is 3.11. The fourth-order valence-corrected chi connectivity index (χ4v) is 1.90. The highest BCUT2D eigenvalue weighted by atomic mass is 35.5. The molecule has 94 valence electrons. The van der Waals surface area contributed by atoms with Crippen LogP contribution in [0.15, 0.2) is 30.3 Å². The van der Waals surface area contributed by atoms with Gasteiger partial charge in [-0.25, -0.2) is 0 Å². The average Bonchev–Trinajstić information content (AvgIpc) is 2.37. The van der Waals surface area contributed by atoms with Crippen LogP contribution in [0.1, 0.15) is 5.56 Å². The van der Waals surface area contributed by atoms with E-state index < -0.39 is 0 Å². The molecule has 1 aliphatic rings. The zero-order valence-corrected chi connectivity index (χ0v) is 10.5. The maximum Gasteiger partial charge on any atom is 0.247 e. The molecule has 1 heterocycles. The van der Waals surface area contributed by atoms with E-state index in [1.54, 1.807) is 12.1 Å². The number of halogens is 1. The highest BCUT2D eigenvalue weighted by molar-refractivity contribution is 6.32. The first-order valence-corrected chi connectivity index (χ1v) is 6.03. The van der Waals surface area contributed by atoms with Gasteiger partial charge in [-0.3, -0.25) is 9.59 Å². The molecule has 2 rings (SSSR count). The second-order valence-corrected chi connectivity index (χ2v) is 4.37. The second-order valence-electron chi connectivity index (χ2n) is 3.96. The Hall–Kier alpha value is -1.81. The van der Waals surface area contributed by atoms with Gasteiger partial charge >= 0.3 is 0 Å². The van der Waals surface area contributed by atoms with Crippen molar-refractivity contribution < 1.29 is 9.59 Å². The van der Waals surface area contributed by atoms with Crippen LogP contribution in [0, 0.1) is 0 Å². The first kappa shape index (κ1) is 12.6. The first-order valence-electron chi connectivity index (χ1n) is 5.65. The zero-order valence-electron chi connectivity index (χ0n) is 9.73. The summed E-state index contributed by atoms with van der Waals surface area (Å²) in [6, 6.07) is 7.27. The molecule has 0 spiro atoms. The third kappa shape index (κ3) is 3.11. The van der Waals surface area contributed by atoms with Gasteiger partial charge in [-0.2, -0.15) is 0 Å². The van der Waals surface area contributed by atoms with Crippen LogP contribution >= 0.6 is 11.6 Å². The molecule has 0 unspecified atom stereocenters. The molecule has 0 atom stereocenters. The molecule has 1 N–H and O–H groups in total. The Bertz CT molecular complexity index is 500. The van der Waals surface area contributed by atoms with Crippen LogP contribution in [0.5, 0.6) is 0 Å². The Balaban J connectivity index is 2.03. The normalized spacial score (nSPS) is 15.8. The zero-order chi connectivity index (χ0) is 13.0. The minimum atomic E-state index is -0.176. The van der Waals surface area contributed by atoms with Gasteiger partial charge < -0.3 is 10.2 Å². The van der Waals surface area contributed by atoms with E-state index >= 15 is 0 Å². The molecule has 18 heavy (non-hydrogen) atoms. The largest absolute Gasteiger partial charge is 0.353 e. The molecule has 1 aromatic carbocycles. The molecule has 1 aliphatic heterocycles. The monoisotopic (exact) mass is 264 g/mol. The van der Waals surface area contributed by atoms with Crippen LogP contribution in [-0.2, 0) is 9.59 Å². The van der Waals surface area contributed by atoms with E-state index in [9.17, 15) is 9.59 Å². The molecule has 1 aromatic rings. The summed E-state index contributed by atoms with van der Waals surface area (Å²) in [7, 11) is 0. The summed E-state index contributed by atoms with van der Waals surface area (Å²) in [5.74, 6) is -0.300. The van der Waals surface area contributed by atoms with Crippen LogP contribution in [0.4, 0.5) is 0 Å². The number of rotatable bonds is 2. The lowest BCUT2D eigenvalue weighted by atomic mass is 10.2. The molecule has 0 radical (unpaired) electrons. The third-order valence-corrected chi connectivity index (χ3v) is 3.00. The third-order valence-electron chi connectivity index (χ3n) is 2.66. The predicted molar refractivity (Wildman–Crippen MR) is 70.1 cm³/mol. The molecular formula is C13H13ClN2O2. The highest BCUT2D eigenvalue weighted by Crippen LogP contribution is 2.16. The number of hydrogen-bond donors (Lipinski definition) is 1. The van der Waals surface area contributed by atoms with Crippen LogP contribution < -0.4 is 5.32 Å². The highest BCUT2D eigenvalue weighted by Gasteiger charge is 2.18. The smallest absolute Gasteiger partial charge is 0.247 e. The SMILES string of the molecule is O=C1CN(C(=O)C=Cc2ccccc2Cl)CCN1. The fraction of sp³-hybridized carbons (Fsp3) is 0.231. The van der Waals surface area contributed by atoms with Crippen molar-refractivity contribution in [2.24, 2.45) is 0 Å². The maximum atomic E-state index is 11.8. The summed E-state index contributed by atoms with van der Waals surface area (Å²) in [6.45, 7) is 1.16. The predicted octanol–water partition coefficient (Wildman–Crippen LogP) is 1.31. The number of piperazine rings is 1. The van der Waals surface area contributed by atoms with Gasteiger partial charge in [0.05, 0.1) is 6.54 Å². The lowest BCUT2D eigenvalue weighted by Gasteiger charge is -2.25. The first-order chi connectivity index (χ1) is 8.66. The van der Waals surface area contributed by atoms with Gasteiger partial charge in [-0.15, -0.1) is 0 Å². The molecule has 2 amide bonds. The molecular weight excluding hydrogens is 252 g/mol. The molecule has 4 nitrogen and oxygen atoms in total. The molecule has 1 saturated heterocycles. The van der Waals surface area contributed by atoms with Crippen LogP contribution in [0.2, 0.25) is 5.02 Å². The molecule has 0 bridgehead atoms. The number of nitrogens with zero attached hydrogens (tertiary/aromatic N) is 1. The number of amides is 2. The van der Waals surface area contributed by atoms with E-state index in [4.69, 9.17) is 11.6 Å². The van der Waals surface area contributed by atoms with Crippen molar-refractivity contribution in [2.45, 2.75) is 0 Å².